The molecule has 2 N–H and O–H groups in total. The van der Waals surface area contributed by atoms with Crippen molar-refractivity contribution < 1.29 is 19.0 Å². The minimum Gasteiger partial charge on any atom is -0.493 e. The van der Waals surface area contributed by atoms with Gasteiger partial charge in [0, 0.05) is 4.47 Å². The number of carbonyl (C=O) groups excluding carboxylic acids is 1. The van der Waals surface area contributed by atoms with Crippen molar-refractivity contribution in [1.29, 1.82) is 5.26 Å². The second-order valence-corrected chi connectivity index (χ2v) is 6.54. The van der Waals surface area contributed by atoms with E-state index in [0.717, 1.165) is 10.2 Å². The molecule has 0 unspecified atom stereocenters. The monoisotopic (exact) mass is 450 g/mol. The summed E-state index contributed by atoms with van der Waals surface area (Å²) in [5, 5.41) is 9.21. The highest BCUT2D eigenvalue weighted by molar-refractivity contribution is 9.10. The van der Waals surface area contributed by atoms with Gasteiger partial charge in [-0.15, -0.1) is 0 Å². The summed E-state index contributed by atoms with van der Waals surface area (Å²) in [6, 6.07) is 12.3. The quantitative estimate of drug-likeness (QED) is 0.372. The lowest BCUT2D eigenvalue weighted by molar-refractivity contribution is -0.114. The Morgan fingerprint density at radius 3 is 2.52 bits per heavy atom. The molecule has 0 heterocycles. The first-order valence-corrected chi connectivity index (χ1v) is 8.92. The molecule has 27 heavy (non-hydrogen) atoms. The molecule has 0 fully saturated rings. The maximum atomic E-state index is 11.2. The molecular formula is C19H16BrClN2O4. The smallest absolute Gasteiger partial charge is 0.259 e. The molecule has 2 aromatic carbocycles. The van der Waals surface area contributed by atoms with Crippen LogP contribution in [0.2, 0.25) is 5.02 Å². The lowest BCUT2D eigenvalue weighted by atomic mass is 10.1. The van der Waals surface area contributed by atoms with E-state index in [4.69, 9.17) is 36.8 Å². The highest BCUT2D eigenvalue weighted by atomic mass is 79.9. The van der Waals surface area contributed by atoms with Gasteiger partial charge in [-0.2, -0.15) is 5.26 Å². The molecule has 0 spiro atoms. The number of nitrogens with zero attached hydrogens (tertiary/aromatic N) is 1. The van der Waals surface area contributed by atoms with Gasteiger partial charge in [-0.25, -0.2) is 0 Å². The highest BCUT2D eigenvalue weighted by Gasteiger charge is 2.13. The Kier molecular flexibility index (Phi) is 7.53. The van der Waals surface area contributed by atoms with E-state index >= 15 is 0 Å². The van der Waals surface area contributed by atoms with Gasteiger partial charge in [0.05, 0.1) is 12.1 Å². The number of ether oxygens (including phenoxy) is 3. The number of hydrogen-bond acceptors (Lipinski definition) is 5. The van der Waals surface area contributed by atoms with Gasteiger partial charge in [0.1, 0.15) is 30.6 Å². The minimum absolute atomic E-state index is 0.190. The normalized spacial score (nSPS) is 10.8. The molecule has 0 atom stereocenters. The standard InChI is InChI=1S/C19H16BrClN2O4/c1-25-17-10-12(8-13(11-22)19(23)24)9-16(21)18(17)27-7-6-26-15-4-2-14(20)3-5-15/h2-5,8-10H,6-7H2,1H3,(H2,23,24)/b13-8+. The predicted octanol–water partition coefficient (Wildman–Crippen LogP) is 3.96. The summed E-state index contributed by atoms with van der Waals surface area (Å²) < 4.78 is 17.5. The van der Waals surface area contributed by atoms with Crippen molar-refractivity contribution in [3.63, 3.8) is 0 Å². The predicted molar refractivity (Wildman–Crippen MR) is 106 cm³/mol. The van der Waals surface area contributed by atoms with Crippen LogP contribution in [0.3, 0.4) is 0 Å². The first kappa shape index (κ1) is 20.6. The average Bonchev–Trinajstić information content (AvgIpc) is 2.65. The number of hydrogen-bond donors (Lipinski definition) is 1. The van der Waals surface area contributed by atoms with Crippen LogP contribution in [0, 0.1) is 11.3 Å². The Labute approximate surface area is 170 Å². The van der Waals surface area contributed by atoms with E-state index < -0.39 is 5.91 Å². The molecule has 2 aromatic rings. The fourth-order valence-electron chi connectivity index (χ4n) is 2.12. The third-order valence-electron chi connectivity index (χ3n) is 3.36. The molecule has 0 aliphatic rings. The summed E-state index contributed by atoms with van der Waals surface area (Å²) in [4.78, 5) is 11.2. The molecule has 0 aliphatic carbocycles. The summed E-state index contributed by atoms with van der Waals surface area (Å²) in [7, 11) is 1.46. The Balaban J connectivity index is 2.07. The van der Waals surface area contributed by atoms with Crippen molar-refractivity contribution in [3.8, 4) is 23.3 Å². The van der Waals surface area contributed by atoms with E-state index in [1.807, 2.05) is 24.3 Å². The molecule has 0 saturated carbocycles. The number of nitrogens with two attached hydrogens (primary N) is 1. The molecule has 0 aliphatic heterocycles. The molecule has 8 heteroatoms. The number of methoxy groups -OCH3 is 1. The maximum Gasteiger partial charge on any atom is 0.259 e. The lowest BCUT2D eigenvalue weighted by Crippen LogP contribution is -2.12. The molecule has 0 saturated heterocycles. The van der Waals surface area contributed by atoms with Crippen molar-refractivity contribution in [2.45, 2.75) is 0 Å². The van der Waals surface area contributed by atoms with Gasteiger partial charge in [-0.3, -0.25) is 4.79 Å². The molecular weight excluding hydrogens is 436 g/mol. The molecule has 2 rings (SSSR count). The van der Waals surface area contributed by atoms with Crippen LogP contribution in [0.25, 0.3) is 6.08 Å². The van der Waals surface area contributed by atoms with Crippen LogP contribution in [-0.2, 0) is 4.79 Å². The summed E-state index contributed by atoms with van der Waals surface area (Å²) in [5.41, 5.74) is 5.44. The van der Waals surface area contributed by atoms with Crippen LogP contribution >= 0.6 is 27.5 Å². The molecule has 1 amide bonds. The van der Waals surface area contributed by atoms with E-state index in [0.29, 0.717) is 23.7 Å². The Bertz CT molecular complexity index is 892. The Hall–Kier alpha value is -2.69. The maximum absolute atomic E-state index is 11.2. The van der Waals surface area contributed by atoms with E-state index in [9.17, 15) is 4.79 Å². The van der Waals surface area contributed by atoms with Crippen LogP contribution in [0.4, 0.5) is 0 Å². The van der Waals surface area contributed by atoms with Gasteiger partial charge in [-0.1, -0.05) is 27.5 Å². The van der Waals surface area contributed by atoms with Crippen LogP contribution < -0.4 is 19.9 Å². The zero-order valence-corrected chi connectivity index (χ0v) is 16.7. The SMILES string of the molecule is COc1cc(/C=C(\C#N)C(N)=O)cc(Cl)c1OCCOc1ccc(Br)cc1. The first-order valence-electron chi connectivity index (χ1n) is 7.75. The van der Waals surface area contributed by atoms with Crippen LogP contribution in [0.1, 0.15) is 5.56 Å². The van der Waals surface area contributed by atoms with Crippen molar-refractivity contribution >= 4 is 39.5 Å². The number of carbonyl (C=O) groups is 1. The second kappa shape index (κ2) is 9.86. The Morgan fingerprint density at radius 2 is 1.93 bits per heavy atom. The zero-order valence-electron chi connectivity index (χ0n) is 14.4. The van der Waals surface area contributed by atoms with Gasteiger partial charge in [0.25, 0.3) is 5.91 Å². The molecule has 0 radical (unpaired) electrons. The van der Waals surface area contributed by atoms with E-state index in [1.165, 1.54) is 13.2 Å². The number of rotatable bonds is 8. The fraction of sp³-hybridized carbons (Fsp3) is 0.158. The summed E-state index contributed by atoms with van der Waals surface area (Å²) >= 11 is 9.61. The third kappa shape index (κ3) is 5.91. The summed E-state index contributed by atoms with van der Waals surface area (Å²) in [5.74, 6) is 0.598. The van der Waals surface area contributed by atoms with E-state index in [-0.39, 0.29) is 17.2 Å². The second-order valence-electron chi connectivity index (χ2n) is 5.22. The van der Waals surface area contributed by atoms with Gasteiger partial charge in [-0.05, 0) is 48.0 Å². The first-order chi connectivity index (χ1) is 12.9. The highest BCUT2D eigenvalue weighted by Crippen LogP contribution is 2.37. The van der Waals surface area contributed by atoms with Crippen molar-refractivity contribution in [1.82, 2.24) is 0 Å². The fourth-order valence-corrected chi connectivity index (χ4v) is 2.66. The topological polar surface area (TPSA) is 94.6 Å². The third-order valence-corrected chi connectivity index (χ3v) is 4.17. The number of primary amides is 1. The van der Waals surface area contributed by atoms with Gasteiger partial charge in [0.2, 0.25) is 0 Å². The number of benzene rings is 2. The van der Waals surface area contributed by atoms with Crippen molar-refractivity contribution in [2.75, 3.05) is 20.3 Å². The molecule has 140 valence electrons. The number of amides is 1. The van der Waals surface area contributed by atoms with Gasteiger partial charge < -0.3 is 19.9 Å². The lowest BCUT2D eigenvalue weighted by Gasteiger charge is -2.14. The summed E-state index contributed by atoms with van der Waals surface area (Å²) in [6.07, 6.45) is 1.33. The van der Waals surface area contributed by atoms with E-state index in [2.05, 4.69) is 15.9 Å². The molecule has 0 bridgehead atoms. The number of nitriles is 1. The van der Waals surface area contributed by atoms with Crippen molar-refractivity contribution in [2.24, 2.45) is 5.73 Å². The molecule has 6 nitrogen and oxygen atoms in total. The van der Waals surface area contributed by atoms with Crippen LogP contribution in [0.5, 0.6) is 17.2 Å². The Morgan fingerprint density at radius 1 is 1.26 bits per heavy atom. The average molecular weight is 452 g/mol. The van der Waals surface area contributed by atoms with Gasteiger partial charge in [0.15, 0.2) is 11.5 Å². The largest absolute Gasteiger partial charge is 0.493 e. The number of halogens is 2. The van der Waals surface area contributed by atoms with E-state index in [1.54, 1.807) is 18.2 Å². The van der Waals surface area contributed by atoms with Gasteiger partial charge >= 0.3 is 0 Å². The minimum atomic E-state index is -0.821. The zero-order chi connectivity index (χ0) is 19.8. The molecule has 0 aromatic heterocycles. The van der Waals surface area contributed by atoms with Crippen LogP contribution in [-0.4, -0.2) is 26.2 Å². The summed E-state index contributed by atoms with van der Waals surface area (Å²) in [6.45, 7) is 0.551. The van der Waals surface area contributed by atoms with Crippen LogP contribution in [0.15, 0.2) is 46.4 Å². The van der Waals surface area contributed by atoms with Crippen molar-refractivity contribution in [3.05, 3.63) is 57.0 Å².